The van der Waals surface area contributed by atoms with E-state index < -0.39 is 0 Å². The summed E-state index contributed by atoms with van der Waals surface area (Å²) in [4.78, 5) is 5.29. The molecule has 5 aliphatic carbocycles. The summed E-state index contributed by atoms with van der Waals surface area (Å²) in [6.07, 6.45) is 12.1. The SMILES string of the molecule is C=C(C)C1CCC2(OCO)CCC3(C)C(CCC4[C@@]5(C)CC/C(=N/OC)C(C)(C)C5CC[C@]43C)C12. The van der Waals surface area contributed by atoms with Crippen LogP contribution in [0.4, 0.5) is 0 Å². The molecule has 0 amide bonds. The van der Waals surface area contributed by atoms with Gasteiger partial charge in [0.1, 0.15) is 13.9 Å². The average Bonchev–Trinajstić information content (AvgIpc) is 3.16. The molecular formula is C31H51NO3. The number of fused-ring (bicyclic) bond motifs is 7. The van der Waals surface area contributed by atoms with E-state index in [2.05, 4.69) is 53.3 Å². The quantitative estimate of drug-likeness (QED) is 0.257. The number of nitrogens with zero attached hydrogens (tertiary/aromatic N) is 1. The van der Waals surface area contributed by atoms with E-state index in [0.29, 0.717) is 39.9 Å². The highest BCUT2D eigenvalue weighted by Gasteiger charge is 2.71. The first-order valence-electron chi connectivity index (χ1n) is 14.4. The Labute approximate surface area is 214 Å². The normalized spacial score (nSPS) is 51.7. The second kappa shape index (κ2) is 8.32. The fourth-order valence-electron chi connectivity index (χ4n) is 11.5. The number of ether oxygens (including phenoxy) is 1. The van der Waals surface area contributed by atoms with E-state index in [1.807, 2.05) is 0 Å². The molecule has 4 heteroatoms. The van der Waals surface area contributed by atoms with Crippen LogP contribution in [0.2, 0.25) is 0 Å². The molecule has 0 bridgehead atoms. The molecule has 0 aromatic carbocycles. The van der Waals surface area contributed by atoms with Crippen LogP contribution in [0.25, 0.3) is 0 Å². The lowest BCUT2D eigenvalue weighted by molar-refractivity contribution is -0.254. The zero-order valence-corrected chi connectivity index (χ0v) is 23.6. The number of allylic oxidation sites excluding steroid dienone is 1. The van der Waals surface area contributed by atoms with E-state index in [1.54, 1.807) is 7.11 Å². The molecule has 35 heavy (non-hydrogen) atoms. The van der Waals surface area contributed by atoms with Gasteiger partial charge in [0.2, 0.25) is 0 Å². The number of aliphatic hydroxyl groups is 1. The van der Waals surface area contributed by atoms with Crippen LogP contribution in [0.3, 0.4) is 0 Å². The molecule has 0 aromatic heterocycles. The first-order valence-corrected chi connectivity index (χ1v) is 14.4. The molecule has 5 saturated carbocycles. The van der Waals surface area contributed by atoms with Crippen molar-refractivity contribution in [3.8, 4) is 0 Å². The van der Waals surface area contributed by atoms with Crippen LogP contribution in [0.15, 0.2) is 17.3 Å². The minimum atomic E-state index is -0.150. The van der Waals surface area contributed by atoms with E-state index in [4.69, 9.17) is 9.57 Å². The molecule has 5 aliphatic rings. The molecule has 0 aromatic rings. The molecule has 1 N–H and O–H groups in total. The Kier molecular flexibility index (Phi) is 6.12. The third kappa shape index (κ3) is 3.27. The van der Waals surface area contributed by atoms with Gasteiger partial charge in [-0.25, -0.2) is 0 Å². The highest BCUT2D eigenvalue weighted by atomic mass is 16.6. The molecule has 5 fully saturated rings. The van der Waals surface area contributed by atoms with Crippen molar-refractivity contribution in [2.45, 2.75) is 111 Å². The lowest BCUT2D eigenvalue weighted by Crippen LogP contribution is -2.67. The fraction of sp³-hybridized carbons (Fsp3) is 0.903. The van der Waals surface area contributed by atoms with Gasteiger partial charge in [0.25, 0.3) is 0 Å². The van der Waals surface area contributed by atoms with Gasteiger partial charge in [0.05, 0.1) is 11.3 Å². The summed E-state index contributed by atoms with van der Waals surface area (Å²) in [7, 11) is 1.70. The third-order valence-electron chi connectivity index (χ3n) is 13.3. The van der Waals surface area contributed by atoms with Crippen molar-refractivity contribution in [3.63, 3.8) is 0 Å². The number of hydrogen-bond acceptors (Lipinski definition) is 4. The maximum Gasteiger partial charge on any atom is 0.144 e. The first-order chi connectivity index (χ1) is 16.4. The van der Waals surface area contributed by atoms with Gasteiger partial charge in [0.15, 0.2) is 0 Å². The summed E-state index contributed by atoms with van der Waals surface area (Å²) < 4.78 is 6.29. The summed E-state index contributed by atoms with van der Waals surface area (Å²) in [6.45, 7) is 19.4. The minimum Gasteiger partial charge on any atom is -0.399 e. The van der Waals surface area contributed by atoms with Gasteiger partial charge in [-0.1, -0.05) is 51.9 Å². The Hall–Kier alpha value is -0.870. The third-order valence-corrected chi connectivity index (χ3v) is 13.3. The van der Waals surface area contributed by atoms with Crippen LogP contribution in [0, 0.1) is 51.2 Å². The molecule has 4 nitrogen and oxygen atoms in total. The Bertz CT molecular complexity index is 896. The van der Waals surface area contributed by atoms with Crippen molar-refractivity contribution in [3.05, 3.63) is 12.2 Å². The molecule has 5 rings (SSSR count). The molecule has 9 atom stereocenters. The Morgan fingerprint density at radius 3 is 2.34 bits per heavy atom. The topological polar surface area (TPSA) is 51.0 Å². The maximum absolute atomic E-state index is 9.89. The molecule has 7 unspecified atom stereocenters. The van der Waals surface area contributed by atoms with Crippen LogP contribution in [0.5, 0.6) is 0 Å². The highest BCUT2D eigenvalue weighted by molar-refractivity contribution is 5.90. The number of hydrogen-bond donors (Lipinski definition) is 1. The lowest BCUT2D eigenvalue weighted by atomic mass is 9.33. The number of rotatable bonds is 4. The van der Waals surface area contributed by atoms with Gasteiger partial charge in [-0.2, -0.15) is 0 Å². The molecule has 0 aliphatic heterocycles. The van der Waals surface area contributed by atoms with Crippen LogP contribution in [0.1, 0.15) is 106 Å². The maximum atomic E-state index is 9.89. The molecular weight excluding hydrogens is 434 g/mol. The molecule has 0 radical (unpaired) electrons. The fourth-order valence-corrected chi connectivity index (χ4v) is 11.5. The van der Waals surface area contributed by atoms with Gasteiger partial charge in [-0.3, -0.25) is 0 Å². The van der Waals surface area contributed by atoms with E-state index in [0.717, 1.165) is 25.2 Å². The van der Waals surface area contributed by atoms with Crippen LogP contribution < -0.4 is 0 Å². The summed E-state index contributed by atoms with van der Waals surface area (Å²) in [5.74, 6) is 3.08. The van der Waals surface area contributed by atoms with E-state index in [-0.39, 0.29) is 17.8 Å². The lowest BCUT2D eigenvalue weighted by Gasteiger charge is -2.72. The van der Waals surface area contributed by atoms with E-state index >= 15 is 0 Å². The van der Waals surface area contributed by atoms with Crippen molar-refractivity contribution in [2.75, 3.05) is 13.9 Å². The number of oxime groups is 1. The number of aliphatic hydroxyl groups excluding tert-OH is 1. The largest absolute Gasteiger partial charge is 0.399 e. The van der Waals surface area contributed by atoms with Gasteiger partial charge in [0, 0.05) is 5.41 Å². The minimum absolute atomic E-state index is 0.0925. The summed E-state index contributed by atoms with van der Waals surface area (Å²) in [6, 6.07) is 0. The average molecular weight is 486 g/mol. The van der Waals surface area contributed by atoms with Crippen molar-refractivity contribution in [1.29, 1.82) is 0 Å². The van der Waals surface area contributed by atoms with Crippen molar-refractivity contribution in [2.24, 2.45) is 56.4 Å². The molecule has 0 saturated heterocycles. The second-order valence-corrected chi connectivity index (χ2v) is 14.5. The van der Waals surface area contributed by atoms with Crippen LogP contribution in [-0.4, -0.2) is 30.3 Å². The standard InChI is InChI=1S/C31H51NO3/c1-20(2)21-11-16-31(35-19-33)18-17-29(6)22(26(21)31)9-10-24-28(5)14-13-25(32-34-8)27(3,4)23(28)12-15-30(24,29)7/h21-24,26,33H,1,9-19H2,2-8H3/b32-25-/t21?,22?,23?,24?,26?,28-,29?,30+,31?/m0/s1. The Balaban J connectivity index is 1.53. The van der Waals surface area contributed by atoms with Crippen LogP contribution in [-0.2, 0) is 9.57 Å². The summed E-state index contributed by atoms with van der Waals surface area (Å²) >= 11 is 0. The highest BCUT2D eigenvalue weighted by Crippen LogP contribution is 2.76. The summed E-state index contributed by atoms with van der Waals surface area (Å²) in [5.41, 5.74) is 3.52. The van der Waals surface area contributed by atoms with Crippen molar-refractivity contribution >= 4 is 5.71 Å². The smallest absolute Gasteiger partial charge is 0.144 e. The van der Waals surface area contributed by atoms with Gasteiger partial charge in [-0.15, -0.1) is 0 Å². The van der Waals surface area contributed by atoms with E-state index in [1.165, 1.54) is 56.2 Å². The van der Waals surface area contributed by atoms with E-state index in [9.17, 15) is 5.11 Å². The van der Waals surface area contributed by atoms with Crippen molar-refractivity contribution in [1.82, 2.24) is 0 Å². The van der Waals surface area contributed by atoms with Crippen molar-refractivity contribution < 1.29 is 14.7 Å². The second-order valence-electron chi connectivity index (χ2n) is 14.5. The monoisotopic (exact) mass is 485 g/mol. The predicted octanol–water partition coefficient (Wildman–Crippen LogP) is 7.37. The zero-order valence-electron chi connectivity index (χ0n) is 23.6. The Morgan fingerprint density at radius 1 is 0.943 bits per heavy atom. The predicted molar refractivity (Wildman–Crippen MR) is 142 cm³/mol. The Morgan fingerprint density at radius 2 is 1.69 bits per heavy atom. The molecule has 0 spiro atoms. The first kappa shape index (κ1) is 25.8. The van der Waals surface area contributed by atoms with Crippen LogP contribution >= 0.6 is 0 Å². The van der Waals surface area contributed by atoms with Gasteiger partial charge < -0.3 is 14.7 Å². The summed E-state index contributed by atoms with van der Waals surface area (Å²) in [5, 5.41) is 14.4. The molecule has 0 heterocycles. The molecule has 198 valence electrons. The van der Waals surface area contributed by atoms with Gasteiger partial charge in [-0.05, 0) is 117 Å². The van der Waals surface area contributed by atoms with Gasteiger partial charge >= 0.3 is 0 Å². The zero-order chi connectivity index (χ0) is 25.4.